The van der Waals surface area contributed by atoms with E-state index >= 15 is 0 Å². The minimum absolute atomic E-state index is 0.763. The topological polar surface area (TPSA) is 18.5 Å². The minimum Gasteiger partial charge on any atom is -0.314 e. The zero-order valence-electron chi connectivity index (χ0n) is 11.5. The number of hydrogen-bond acceptors (Lipinski definition) is 3. The van der Waals surface area contributed by atoms with E-state index < -0.39 is 0 Å². The van der Waals surface area contributed by atoms with Crippen molar-refractivity contribution < 1.29 is 0 Å². The predicted molar refractivity (Wildman–Crippen MR) is 77.4 cm³/mol. The van der Waals surface area contributed by atoms with Gasteiger partial charge in [-0.1, -0.05) is 24.3 Å². The third-order valence-electron chi connectivity index (χ3n) is 5.17. The van der Waals surface area contributed by atoms with Crippen LogP contribution in [0.5, 0.6) is 0 Å². The summed E-state index contributed by atoms with van der Waals surface area (Å²) in [7, 11) is 0. The molecule has 0 radical (unpaired) electrons. The summed E-state index contributed by atoms with van der Waals surface area (Å²) in [5.74, 6) is 0. The van der Waals surface area contributed by atoms with E-state index in [0.29, 0.717) is 0 Å². The molecule has 2 saturated heterocycles. The Morgan fingerprint density at radius 3 is 1.79 bits per heavy atom. The molecule has 4 rings (SSSR count). The van der Waals surface area contributed by atoms with Gasteiger partial charge in [-0.3, -0.25) is 9.80 Å². The monoisotopic (exact) mass is 257 g/mol. The van der Waals surface area contributed by atoms with Crippen LogP contribution in [0.3, 0.4) is 0 Å². The molecule has 102 valence electrons. The molecular weight excluding hydrogens is 234 g/mol. The zero-order chi connectivity index (χ0) is 12.7. The van der Waals surface area contributed by atoms with E-state index in [2.05, 4.69) is 39.4 Å². The lowest BCUT2D eigenvalue weighted by Crippen LogP contribution is -2.62. The predicted octanol–water partition coefficient (Wildman–Crippen LogP) is 0.743. The highest BCUT2D eigenvalue weighted by Crippen LogP contribution is 2.26. The number of nitrogens with one attached hydrogen (secondary N) is 1. The molecule has 2 fully saturated rings. The van der Waals surface area contributed by atoms with Crippen molar-refractivity contribution in [1.82, 2.24) is 15.1 Å². The summed E-state index contributed by atoms with van der Waals surface area (Å²) in [6.45, 7) is 7.45. The number of hydrogen-bond donors (Lipinski definition) is 1. The van der Waals surface area contributed by atoms with Crippen molar-refractivity contribution in [3.8, 4) is 0 Å². The van der Waals surface area contributed by atoms with Crippen LogP contribution in [0.2, 0.25) is 0 Å². The summed E-state index contributed by atoms with van der Waals surface area (Å²) in [5.41, 5.74) is 3.16. The van der Waals surface area contributed by atoms with Gasteiger partial charge in [0.2, 0.25) is 0 Å². The fraction of sp³-hybridized carbons (Fsp3) is 0.625. The first-order chi connectivity index (χ1) is 9.40. The van der Waals surface area contributed by atoms with Crippen LogP contribution in [-0.2, 0) is 12.8 Å². The van der Waals surface area contributed by atoms with Crippen molar-refractivity contribution in [2.75, 3.05) is 39.3 Å². The fourth-order valence-corrected chi connectivity index (χ4v) is 3.79. The van der Waals surface area contributed by atoms with Gasteiger partial charge in [-0.2, -0.15) is 0 Å². The molecule has 0 aromatic heterocycles. The number of benzene rings is 1. The van der Waals surface area contributed by atoms with E-state index in [1.54, 1.807) is 11.1 Å². The van der Waals surface area contributed by atoms with E-state index in [-0.39, 0.29) is 0 Å². The summed E-state index contributed by atoms with van der Waals surface area (Å²) in [4.78, 5) is 5.40. The van der Waals surface area contributed by atoms with E-state index in [0.717, 1.165) is 12.1 Å². The van der Waals surface area contributed by atoms with E-state index in [1.165, 1.54) is 52.1 Å². The maximum Gasteiger partial charge on any atom is 0.0346 e. The van der Waals surface area contributed by atoms with Gasteiger partial charge in [-0.05, 0) is 24.0 Å². The number of piperazine rings is 1. The van der Waals surface area contributed by atoms with Crippen LogP contribution in [0, 0.1) is 0 Å². The number of fused-ring (bicyclic) bond motifs is 1. The van der Waals surface area contributed by atoms with Gasteiger partial charge >= 0.3 is 0 Å². The molecule has 0 saturated carbocycles. The van der Waals surface area contributed by atoms with Crippen LogP contribution in [0.4, 0.5) is 0 Å². The Kier molecular flexibility index (Phi) is 3.06. The molecule has 3 nitrogen and oxygen atoms in total. The maximum atomic E-state index is 3.38. The smallest absolute Gasteiger partial charge is 0.0346 e. The summed E-state index contributed by atoms with van der Waals surface area (Å²) < 4.78 is 0. The van der Waals surface area contributed by atoms with Crippen LogP contribution in [0.15, 0.2) is 24.3 Å². The summed E-state index contributed by atoms with van der Waals surface area (Å²) >= 11 is 0. The minimum atomic E-state index is 0.763. The lowest BCUT2D eigenvalue weighted by molar-refractivity contribution is 0.0537. The van der Waals surface area contributed by atoms with Gasteiger partial charge < -0.3 is 5.32 Å². The van der Waals surface area contributed by atoms with Crippen LogP contribution < -0.4 is 5.32 Å². The van der Waals surface area contributed by atoms with Gasteiger partial charge in [-0.25, -0.2) is 0 Å². The van der Waals surface area contributed by atoms with Crippen LogP contribution >= 0.6 is 0 Å². The fourth-order valence-electron chi connectivity index (χ4n) is 3.79. The Bertz CT molecular complexity index is 422. The van der Waals surface area contributed by atoms with Crippen LogP contribution in [0.1, 0.15) is 11.1 Å². The van der Waals surface area contributed by atoms with Gasteiger partial charge in [0.15, 0.2) is 0 Å². The zero-order valence-corrected chi connectivity index (χ0v) is 11.5. The Morgan fingerprint density at radius 2 is 1.32 bits per heavy atom. The average Bonchev–Trinajstić information content (AvgIpc) is 2.81. The molecule has 3 aliphatic rings. The highest BCUT2D eigenvalue weighted by molar-refractivity contribution is 5.33. The lowest BCUT2D eigenvalue weighted by atomic mass is 10.1. The molecule has 1 aromatic rings. The molecule has 1 aliphatic carbocycles. The quantitative estimate of drug-likeness (QED) is 0.843. The second-order valence-corrected chi connectivity index (χ2v) is 6.21. The van der Waals surface area contributed by atoms with Crippen LogP contribution in [-0.4, -0.2) is 61.2 Å². The molecule has 2 heterocycles. The number of nitrogens with zero attached hydrogens (tertiary/aromatic N) is 2. The first kappa shape index (κ1) is 11.9. The normalized spacial score (nSPS) is 26.3. The first-order valence-corrected chi connectivity index (χ1v) is 7.66. The van der Waals surface area contributed by atoms with Gasteiger partial charge in [0.1, 0.15) is 0 Å². The van der Waals surface area contributed by atoms with Gasteiger partial charge in [0, 0.05) is 51.4 Å². The standard InChI is InChI=1S/C16H23N3/c1-2-4-14-10-15(9-13(14)3-1)18-5-7-19(8-6-18)16-11-17-12-16/h1-4,15-17H,5-12H2. The second-order valence-electron chi connectivity index (χ2n) is 6.21. The largest absolute Gasteiger partial charge is 0.314 e. The first-order valence-electron chi connectivity index (χ1n) is 7.66. The Labute approximate surface area is 115 Å². The molecule has 2 aliphatic heterocycles. The molecule has 3 heteroatoms. The van der Waals surface area contributed by atoms with Gasteiger partial charge in [-0.15, -0.1) is 0 Å². The molecule has 0 amide bonds. The van der Waals surface area contributed by atoms with Gasteiger partial charge in [0.25, 0.3) is 0 Å². The van der Waals surface area contributed by atoms with Crippen molar-refractivity contribution in [2.45, 2.75) is 24.9 Å². The van der Waals surface area contributed by atoms with Crippen molar-refractivity contribution >= 4 is 0 Å². The Balaban J connectivity index is 1.35. The molecule has 19 heavy (non-hydrogen) atoms. The molecule has 0 unspecified atom stereocenters. The summed E-state index contributed by atoms with van der Waals surface area (Å²) in [6.07, 6.45) is 2.53. The molecular formula is C16H23N3. The van der Waals surface area contributed by atoms with Gasteiger partial charge in [0.05, 0.1) is 0 Å². The molecule has 1 aromatic carbocycles. The van der Waals surface area contributed by atoms with E-state index in [1.807, 2.05) is 0 Å². The van der Waals surface area contributed by atoms with E-state index in [9.17, 15) is 0 Å². The maximum absolute atomic E-state index is 3.38. The molecule has 0 atom stereocenters. The Morgan fingerprint density at radius 1 is 0.789 bits per heavy atom. The van der Waals surface area contributed by atoms with E-state index in [4.69, 9.17) is 0 Å². The third kappa shape index (κ3) is 2.20. The lowest BCUT2D eigenvalue weighted by Gasteiger charge is -2.44. The molecule has 0 bridgehead atoms. The highest BCUT2D eigenvalue weighted by atomic mass is 15.3. The highest BCUT2D eigenvalue weighted by Gasteiger charge is 2.32. The van der Waals surface area contributed by atoms with Crippen LogP contribution in [0.25, 0.3) is 0 Å². The van der Waals surface area contributed by atoms with Crippen molar-refractivity contribution in [3.05, 3.63) is 35.4 Å². The van der Waals surface area contributed by atoms with Crippen molar-refractivity contribution in [1.29, 1.82) is 0 Å². The molecule has 1 N–H and O–H groups in total. The molecule has 0 spiro atoms. The Hall–Kier alpha value is -0.900. The van der Waals surface area contributed by atoms with Crippen molar-refractivity contribution in [3.63, 3.8) is 0 Å². The summed E-state index contributed by atoms with van der Waals surface area (Å²) in [5, 5.41) is 3.38. The average molecular weight is 257 g/mol. The third-order valence-corrected chi connectivity index (χ3v) is 5.17. The second kappa shape index (κ2) is 4.89. The SMILES string of the molecule is c1ccc2c(c1)CC(N1CCN(C3CNC3)CC1)C2. The summed E-state index contributed by atoms with van der Waals surface area (Å²) in [6, 6.07) is 10.6. The number of rotatable bonds is 2. The van der Waals surface area contributed by atoms with Crippen molar-refractivity contribution in [2.24, 2.45) is 0 Å².